The lowest BCUT2D eigenvalue weighted by Crippen LogP contribution is -2.30. The molecule has 146 valence electrons. The Balaban J connectivity index is 1.89. The van der Waals surface area contributed by atoms with Crippen molar-refractivity contribution in [3.8, 4) is 11.3 Å². The van der Waals surface area contributed by atoms with Gasteiger partial charge in [-0.25, -0.2) is 4.98 Å². The molecule has 2 aromatic carbocycles. The standard InChI is InChI=1S/C22H25ClN4O/c1-15(2)20(14-28)26-22-25-19(16-8-4-3-5-9-16)12-21(27-22)24-13-17-10-6-7-11-18(17)23/h3-12,15,20,28H,13-14H2,1-2H3,(H2,24,25,26,27)/t20-/m0/s1. The van der Waals surface area contributed by atoms with Gasteiger partial charge in [0.05, 0.1) is 18.3 Å². The van der Waals surface area contributed by atoms with Crippen molar-refractivity contribution in [2.24, 2.45) is 5.92 Å². The third-order valence-corrected chi connectivity index (χ3v) is 4.90. The second-order valence-corrected chi connectivity index (χ2v) is 7.36. The van der Waals surface area contributed by atoms with Crippen LogP contribution in [0.25, 0.3) is 11.3 Å². The van der Waals surface area contributed by atoms with E-state index in [1.54, 1.807) is 0 Å². The summed E-state index contributed by atoms with van der Waals surface area (Å²) in [5, 5.41) is 16.9. The van der Waals surface area contributed by atoms with Crippen LogP contribution in [0.15, 0.2) is 60.7 Å². The number of benzene rings is 2. The summed E-state index contributed by atoms with van der Waals surface area (Å²) < 4.78 is 0. The first-order chi connectivity index (χ1) is 13.6. The monoisotopic (exact) mass is 396 g/mol. The molecule has 0 unspecified atom stereocenters. The Morgan fingerprint density at radius 1 is 1.00 bits per heavy atom. The Labute approximate surface area is 170 Å². The number of aromatic nitrogens is 2. The van der Waals surface area contributed by atoms with Gasteiger partial charge in [-0.05, 0) is 17.5 Å². The summed E-state index contributed by atoms with van der Waals surface area (Å²) >= 11 is 6.26. The predicted octanol–water partition coefficient (Wildman–Crippen LogP) is 4.84. The molecule has 0 aliphatic heterocycles. The van der Waals surface area contributed by atoms with Gasteiger partial charge in [-0.2, -0.15) is 4.98 Å². The Bertz CT molecular complexity index is 902. The molecule has 0 fully saturated rings. The van der Waals surface area contributed by atoms with E-state index in [2.05, 4.69) is 20.6 Å². The van der Waals surface area contributed by atoms with Gasteiger partial charge in [0.15, 0.2) is 0 Å². The molecule has 3 rings (SSSR count). The zero-order valence-corrected chi connectivity index (χ0v) is 16.8. The van der Waals surface area contributed by atoms with Crippen molar-refractivity contribution in [2.45, 2.75) is 26.4 Å². The van der Waals surface area contributed by atoms with E-state index in [9.17, 15) is 5.11 Å². The smallest absolute Gasteiger partial charge is 0.225 e. The highest BCUT2D eigenvalue weighted by Crippen LogP contribution is 2.23. The van der Waals surface area contributed by atoms with Gasteiger partial charge in [-0.1, -0.05) is 74.0 Å². The Hall–Kier alpha value is -2.63. The summed E-state index contributed by atoms with van der Waals surface area (Å²) in [5.41, 5.74) is 2.80. The van der Waals surface area contributed by atoms with E-state index in [0.29, 0.717) is 23.3 Å². The molecule has 6 heteroatoms. The predicted molar refractivity (Wildman–Crippen MR) is 116 cm³/mol. The van der Waals surface area contributed by atoms with Crippen LogP contribution in [0.2, 0.25) is 5.02 Å². The van der Waals surface area contributed by atoms with E-state index >= 15 is 0 Å². The largest absolute Gasteiger partial charge is 0.394 e. The van der Waals surface area contributed by atoms with Gasteiger partial charge in [-0.3, -0.25) is 0 Å². The maximum absolute atomic E-state index is 9.65. The van der Waals surface area contributed by atoms with Crippen molar-refractivity contribution in [3.05, 3.63) is 71.2 Å². The highest BCUT2D eigenvalue weighted by atomic mass is 35.5. The molecule has 0 amide bonds. The van der Waals surface area contributed by atoms with Crippen LogP contribution in [-0.4, -0.2) is 27.7 Å². The summed E-state index contributed by atoms with van der Waals surface area (Å²) in [6, 6.07) is 19.5. The summed E-state index contributed by atoms with van der Waals surface area (Å²) in [6.45, 7) is 4.66. The maximum Gasteiger partial charge on any atom is 0.225 e. The molecule has 3 aromatic rings. The molecule has 1 heterocycles. The van der Waals surface area contributed by atoms with Crippen LogP contribution in [0.5, 0.6) is 0 Å². The molecular weight excluding hydrogens is 372 g/mol. The van der Waals surface area contributed by atoms with E-state index in [0.717, 1.165) is 16.8 Å². The summed E-state index contributed by atoms with van der Waals surface area (Å²) in [7, 11) is 0. The van der Waals surface area contributed by atoms with Gasteiger partial charge < -0.3 is 15.7 Å². The maximum atomic E-state index is 9.65. The number of nitrogens with zero attached hydrogens (tertiary/aromatic N) is 2. The number of hydrogen-bond donors (Lipinski definition) is 3. The lowest BCUT2D eigenvalue weighted by molar-refractivity contribution is 0.248. The van der Waals surface area contributed by atoms with Crippen LogP contribution in [-0.2, 0) is 6.54 Å². The van der Waals surface area contributed by atoms with Gasteiger partial charge in [-0.15, -0.1) is 0 Å². The molecule has 1 aromatic heterocycles. The molecule has 3 N–H and O–H groups in total. The van der Waals surface area contributed by atoms with Gasteiger partial charge in [0, 0.05) is 23.2 Å². The zero-order valence-electron chi connectivity index (χ0n) is 16.1. The molecule has 0 bridgehead atoms. The summed E-state index contributed by atoms with van der Waals surface area (Å²) in [6.07, 6.45) is 0. The Morgan fingerprint density at radius 2 is 1.71 bits per heavy atom. The molecule has 0 aliphatic carbocycles. The fraction of sp³-hybridized carbons (Fsp3) is 0.273. The molecule has 0 aliphatic rings. The van der Waals surface area contributed by atoms with Crippen LogP contribution in [0.1, 0.15) is 19.4 Å². The summed E-state index contributed by atoms with van der Waals surface area (Å²) in [5.74, 6) is 1.42. The van der Waals surface area contributed by atoms with Gasteiger partial charge >= 0.3 is 0 Å². The van der Waals surface area contributed by atoms with Crippen molar-refractivity contribution in [2.75, 3.05) is 17.2 Å². The van der Waals surface area contributed by atoms with Crippen LogP contribution >= 0.6 is 11.6 Å². The first kappa shape index (κ1) is 20.1. The van der Waals surface area contributed by atoms with Gasteiger partial charge in [0.1, 0.15) is 5.82 Å². The molecule has 5 nitrogen and oxygen atoms in total. The van der Waals surface area contributed by atoms with Crippen LogP contribution in [0.3, 0.4) is 0 Å². The first-order valence-corrected chi connectivity index (χ1v) is 9.74. The highest BCUT2D eigenvalue weighted by molar-refractivity contribution is 6.31. The number of halogens is 1. The van der Waals surface area contributed by atoms with Gasteiger partial charge in [0.2, 0.25) is 5.95 Å². The Kier molecular flexibility index (Phi) is 6.85. The number of anilines is 2. The number of hydrogen-bond acceptors (Lipinski definition) is 5. The summed E-state index contributed by atoms with van der Waals surface area (Å²) in [4.78, 5) is 9.23. The van der Waals surface area contributed by atoms with E-state index in [1.165, 1.54) is 0 Å². The molecular formula is C22H25ClN4O. The molecule has 0 spiro atoms. The van der Waals surface area contributed by atoms with Crippen molar-refractivity contribution >= 4 is 23.4 Å². The second kappa shape index (κ2) is 9.53. The van der Waals surface area contributed by atoms with Crippen LogP contribution in [0, 0.1) is 5.92 Å². The van der Waals surface area contributed by atoms with Crippen LogP contribution in [0.4, 0.5) is 11.8 Å². The average Bonchev–Trinajstić information content (AvgIpc) is 2.71. The first-order valence-electron chi connectivity index (χ1n) is 9.36. The minimum absolute atomic E-state index is 0.0129. The molecule has 0 radical (unpaired) electrons. The van der Waals surface area contributed by atoms with Crippen molar-refractivity contribution < 1.29 is 5.11 Å². The quantitative estimate of drug-likeness (QED) is 0.508. The normalized spacial score (nSPS) is 12.0. The number of aliphatic hydroxyl groups excluding tert-OH is 1. The third-order valence-electron chi connectivity index (χ3n) is 4.53. The molecule has 28 heavy (non-hydrogen) atoms. The van der Waals surface area contributed by atoms with E-state index in [1.807, 2.05) is 74.5 Å². The van der Waals surface area contributed by atoms with Crippen molar-refractivity contribution in [1.29, 1.82) is 0 Å². The second-order valence-electron chi connectivity index (χ2n) is 6.95. The number of rotatable bonds is 8. The van der Waals surface area contributed by atoms with Crippen molar-refractivity contribution in [1.82, 2.24) is 9.97 Å². The highest BCUT2D eigenvalue weighted by Gasteiger charge is 2.15. The van der Waals surface area contributed by atoms with Crippen LogP contribution < -0.4 is 10.6 Å². The zero-order chi connectivity index (χ0) is 19.9. The van der Waals surface area contributed by atoms with E-state index in [-0.39, 0.29) is 18.6 Å². The number of nitrogens with one attached hydrogen (secondary N) is 2. The lowest BCUT2D eigenvalue weighted by Gasteiger charge is -2.20. The molecule has 0 saturated heterocycles. The minimum atomic E-state index is -0.123. The van der Waals surface area contributed by atoms with E-state index in [4.69, 9.17) is 11.6 Å². The average molecular weight is 397 g/mol. The van der Waals surface area contributed by atoms with Gasteiger partial charge in [0.25, 0.3) is 0 Å². The third kappa shape index (κ3) is 5.21. The minimum Gasteiger partial charge on any atom is -0.394 e. The Morgan fingerprint density at radius 3 is 2.39 bits per heavy atom. The fourth-order valence-corrected chi connectivity index (χ4v) is 2.98. The lowest BCUT2D eigenvalue weighted by atomic mass is 10.1. The molecule has 0 saturated carbocycles. The van der Waals surface area contributed by atoms with Crippen molar-refractivity contribution in [3.63, 3.8) is 0 Å². The SMILES string of the molecule is CC(C)[C@H](CO)Nc1nc(NCc2ccccc2Cl)cc(-c2ccccc2)n1. The number of aliphatic hydroxyl groups is 1. The topological polar surface area (TPSA) is 70.1 Å². The fourth-order valence-electron chi connectivity index (χ4n) is 2.78. The van der Waals surface area contributed by atoms with E-state index < -0.39 is 0 Å². The molecule has 1 atom stereocenters.